The summed E-state index contributed by atoms with van der Waals surface area (Å²) in [5.41, 5.74) is 0. The third-order valence-electron chi connectivity index (χ3n) is 4.17. The smallest absolute Gasteiger partial charge is 0.125 e. The van der Waals surface area contributed by atoms with Crippen LogP contribution in [0, 0.1) is 11.8 Å². The van der Waals surface area contributed by atoms with E-state index in [0.717, 1.165) is 5.92 Å². The Labute approximate surface area is 95.1 Å². The first kappa shape index (κ1) is 10.6. The molecule has 2 rings (SSSR count). The van der Waals surface area contributed by atoms with E-state index in [-0.39, 0.29) is 5.04 Å². The maximum atomic E-state index is 6.26. The van der Waals surface area contributed by atoms with Crippen molar-refractivity contribution in [1.29, 1.82) is 0 Å². The molecular weight excluding hydrogens is 243 g/mol. The van der Waals surface area contributed by atoms with Gasteiger partial charge in [0.2, 0.25) is 0 Å². The van der Waals surface area contributed by atoms with Gasteiger partial charge in [-0.05, 0) is 24.7 Å². The van der Waals surface area contributed by atoms with Crippen molar-refractivity contribution in [1.82, 2.24) is 0 Å². The van der Waals surface area contributed by atoms with E-state index in [1.54, 1.807) is 0 Å². The second kappa shape index (κ2) is 3.30. The van der Waals surface area contributed by atoms with Crippen LogP contribution < -0.4 is 0 Å². The van der Waals surface area contributed by atoms with E-state index >= 15 is 0 Å². The lowest BCUT2D eigenvalue weighted by Gasteiger charge is -2.42. The predicted molar refractivity (Wildman–Crippen MR) is 61.7 cm³/mol. The van der Waals surface area contributed by atoms with Crippen molar-refractivity contribution >= 4 is 39.2 Å². The topological polar surface area (TPSA) is 0 Å². The van der Waals surface area contributed by atoms with Crippen LogP contribution in [0.4, 0.5) is 0 Å². The van der Waals surface area contributed by atoms with Crippen molar-refractivity contribution in [3.05, 3.63) is 0 Å². The van der Waals surface area contributed by atoms with Gasteiger partial charge < -0.3 is 0 Å². The first-order valence-electron chi connectivity index (χ1n) is 5.02. The molecule has 0 aliphatic heterocycles. The molecule has 2 bridgehead atoms. The summed E-state index contributed by atoms with van der Waals surface area (Å²) in [4.78, 5) is 0. The highest BCUT2D eigenvalue weighted by atomic mass is 35.8. The van der Waals surface area contributed by atoms with Gasteiger partial charge in [0, 0.05) is 5.04 Å². The Bertz CT molecular complexity index is 213. The molecule has 3 atom stereocenters. The molecule has 2 saturated carbocycles. The molecule has 4 heteroatoms. The SMILES string of the molecule is CC1CCC2CCC1([Si](Cl)(Cl)Cl)C2. The van der Waals surface area contributed by atoms with Crippen LogP contribution in [0.25, 0.3) is 0 Å². The number of halogens is 3. The fraction of sp³-hybridized carbons (Fsp3) is 1.00. The third kappa shape index (κ3) is 1.56. The van der Waals surface area contributed by atoms with Gasteiger partial charge in [-0.1, -0.05) is 26.2 Å². The van der Waals surface area contributed by atoms with Crippen molar-refractivity contribution in [2.75, 3.05) is 0 Å². The van der Waals surface area contributed by atoms with Gasteiger partial charge in [0.25, 0.3) is 0 Å². The summed E-state index contributed by atoms with van der Waals surface area (Å²) in [5.74, 6) is 1.49. The van der Waals surface area contributed by atoms with E-state index in [9.17, 15) is 0 Å². The van der Waals surface area contributed by atoms with Gasteiger partial charge in [0.1, 0.15) is 0 Å². The normalized spacial score (nSPS) is 45.2. The Morgan fingerprint density at radius 1 is 1.15 bits per heavy atom. The van der Waals surface area contributed by atoms with Crippen LogP contribution in [-0.2, 0) is 0 Å². The molecule has 0 aromatic carbocycles. The van der Waals surface area contributed by atoms with E-state index in [4.69, 9.17) is 33.2 Å². The summed E-state index contributed by atoms with van der Waals surface area (Å²) in [7, 11) is 0. The lowest BCUT2D eigenvalue weighted by atomic mass is 9.80. The second-order valence-corrected chi connectivity index (χ2v) is 13.6. The van der Waals surface area contributed by atoms with E-state index in [1.807, 2.05) is 0 Å². The summed E-state index contributed by atoms with van der Waals surface area (Å²) in [5, 5.41) is 0.126. The van der Waals surface area contributed by atoms with Crippen molar-refractivity contribution in [3.63, 3.8) is 0 Å². The second-order valence-electron chi connectivity index (χ2n) is 4.74. The number of fused-ring (bicyclic) bond motifs is 2. The van der Waals surface area contributed by atoms with Crippen LogP contribution in [0.3, 0.4) is 0 Å². The molecule has 0 amide bonds. The Balaban J connectivity index is 2.29. The first-order chi connectivity index (χ1) is 5.96. The van der Waals surface area contributed by atoms with Gasteiger partial charge >= 0.3 is 6.00 Å². The van der Waals surface area contributed by atoms with Crippen LogP contribution in [0.1, 0.15) is 39.0 Å². The van der Waals surface area contributed by atoms with Crippen LogP contribution in [0.2, 0.25) is 5.04 Å². The average molecular weight is 258 g/mol. The molecule has 0 nitrogen and oxygen atoms in total. The summed E-state index contributed by atoms with van der Waals surface area (Å²) >= 11 is 18.8. The Kier molecular flexibility index (Phi) is 2.69. The van der Waals surface area contributed by atoms with Crippen LogP contribution in [0.5, 0.6) is 0 Å². The monoisotopic (exact) mass is 256 g/mol. The quantitative estimate of drug-likeness (QED) is 0.475. The van der Waals surface area contributed by atoms with Crippen LogP contribution >= 0.6 is 33.2 Å². The van der Waals surface area contributed by atoms with E-state index in [0.29, 0.717) is 5.92 Å². The highest BCUT2D eigenvalue weighted by molar-refractivity contribution is 7.65. The largest absolute Gasteiger partial charge is 0.347 e. The summed E-state index contributed by atoms with van der Waals surface area (Å²) < 4.78 is 0. The van der Waals surface area contributed by atoms with Gasteiger partial charge in [-0.15, -0.1) is 33.2 Å². The molecule has 2 aliphatic rings. The fourth-order valence-electron chi connectivity index (χ4n) is 3.17. The Morgan fingerprint density at radius 3 is 2.38 bits per heavy atom. The molecule has 2 aliphatic carbocycles. The Hall–Kier alpha value is 1.09. The number of hydrogen-bond donors (Lipinski definition) is 0. The molecule has 76 valence electrons. The molecule has 0 saturated heterocycles. The van der Waals surface area contributed by atoms with Crippen LogP contribution in [-0.4, -0.2) is 6.00 Å². The number of rotatable bonds is 1. The minimum absolute atomic E-state index is 0.126. The summed E-state index contributed by atoms with van der Waals surface area (Å²) in [6, 6.07) is -2.51. The standard InChI is InChI=1S/C9H15Cl3Si/c1-7-2-3-8-4-5-9(7,6-8)13(10,11)12/h7-8H,2-6H2,1H3. The molecule has 0 heterocycles. The van der Waals surface area contributed by atoms with Crippen molar-refractivity contribution in [3.8, 4) is 0 Å². The highest BCUT2D eigenvalue weighted by Crippen LogP contribution is 2.67. The van der Waals surface area contributed by atoms with Gasteiger partial charge in [-0.3, -0.25) is 0 Å². The van der Waals surface area contributed by atoms with E-state index in [1.165, 1.54) is 32.1 Å². The third-order valence-corrected chi connectivity index (χ3v) is 9.63. The van der Waals surface area contributed by atoms with Crippen molar-refractivity contribution in [2.45, 2.75) is 44.1 Å². The van der Waals surface area contributed by atoms with Gasteiger partial charge in [0.15, 0.2) is 0 Å². The molecular formula is C9H15Cl3Si. The minimum atomic E-state index is -2.51. The lowest BCUT2D eigenvalue weighted by molar-refractivity contribution is 0.277. The molecule has 0 N–H and O–H groups in total. The maximum absolute atomic E-state index is 6.26. The zero-order valence-corrected chi connectivity index (χ0v) is 11.1. The summed E-state index contributed by atoms with van der Waals surface area (Å²) in [6.07, 6.45) is 6.29. The van der Waals surface area contributed by atoms with E-state index in [2.05, 4.69) is 6.92 Å². The molecule has 0 aromatic heterocycles. The van der Waals surface area contributed by atoms with Crippen LogP contribution in [0.15, 0.2) is 0 Å². The van der Waals surface area contributed by atoms with Gasteiger partial charge in [0.05, 0.1) is 0 Å². The van der Waals surface area contributed by atoms with Gasteiger partial charge in [-0.2, -0.15) is 0 Å². The lowest BCUT2D eigenvalue weighted by Crippen LogP contribution is -2.38. The fourth-order valence-corrected chi connectivity index (χ4v) is 8.05. The first-order valence-corrected chi connectivity index (χ1v) is 10.1. The maximum Gasteiger partial charge on any atom is 0.347 e. The molecule has 13 heavy (non-hydrogen) atoms. The molecule has 0 radical (unpaired) electrons. The molecule has 0 aromatic rings. The number of hydrogen-bond acceptors (Lipinski definition) is 0. The predicted octanol–water partition coefficient (Wildman–Crippen LogP) is 4.61. The van der Waals surface area contributed by atoms with Gasteiger partial charge in [-0.25, -0.2) is 0 Å². The zero-order valence-electron chi connectivity index (χ0n) is 7.82. The molecule has 0 spiro atoms. The average Bonchev–Trinajstić information content (AvgIpc) is 2.38. The zero-order chi connectivity index (χ0) is 9.69. The highest BCUT2D eigenvalue weighted by Gasteiger charge is 2.59. The van der Waals surface area contributed by atoms with Crippen molar-refractivity contribution < 1.29 is 0 Å². The Morgan fingerprint density at radius 2 is 1.85 bits per heavy atom. The molecule has 2 fully saturated rings. The van der Waals surface area contributed by atoms with E-state index < -0.39 is 6.00 Å². The molecule has 3 unspecified atom stereocenters. The minimum Gasteiger partial charge on any atom is -0.125 e. The summed E-state index contributed by atoms with van der Waals surface area (Å²) in [6.45, 7) is 2.27. The van der Waals surface area contributed by atoms with Crippen molar-refractivity contribution in [2.24, 2.45) is 11.8 Å².